The molecule has 0 bridgehead atoms. The molecule has 1 aliphatic carbocycles. The van der Waals surface area contributed by atoms with Crippen LogP contribution in [0.3, 0.4) is 0 Å². The van der Waals surface area contributed by atoms with E-state index in [1.54, 1.807) is 0 Å². The van der Waals surface area contributed by atoms with Crippen molar-refractivity contribution < 1.29 is 0 Å². The van der Waals surface area contributed by atoms with Gasteiger partial charge in [-0.3, -0.25) is 0 Å². The van der Waals surface area contributed by atoms with Crippen molar-refractivity contribution in [1.82, 2.24) is 0 Å². The van der Waals surface area contributed by atoms with E-state index < -0.39 is 0 Å². The largest absolute Gasteiger partial charge is 0.327 e. The normalized spacial score (nSPS) is 36.7. The fourth-order valence-electron chi connectivity index (χ4n) is 0.399. The van der Waals surface area contributed by atoms with Gasteiger partial charge in [0.2, 0.25) is 0 Å². The van der Waals surface area contributed by atoms with Crippen LogP contribution in [-0.2, 0) is 0 Å². The highest BCUT2D eigenvalue weighted by Gasteiger charge is 2.31. The second-order valence-corrected chi connectivity index (χ2v) is 1.67. The highest BCUT2D eigenvalue weighted by Crippen LogP contribution is 2.21. The molecule has 4 nitrogen and oxygen atoms in total. The third-order valence-electron chi connectivity index (χ3n) is 1.00. The molecule has 2 atom stereocenters. The van der Waals surface area contributed by atoms with Gasteiger partial charge in [-0.1, -0.05) is 5.11 Å². The van der Waals surface area contributed by atoms with Crippen molar-refractivity contribution in [1.29, 1.82) is 0 Å². The van der Waals surface area contributed by atoms with Gasteiger partial charge in [-0.15, -0.1) is 0 Å². The lowest BCUT2D eigenvalue weighted by molar-refractivity contribution is 0.951. The fraction of sp³-hybridized carbons (Fsp3) is 1.00. The maximum atomic E-state index is 7.80. The third kappa shape index (κ3) is 0.824. The summed E-state index contributed by atoms with van der Waals surface area (Å²) in [5.74, 6) is 0. The zero-order valence-corrected chi connectivity index (χ0v) is 3.78. The quantitative estimate of drug-likeness (QED) is 0.287. The summed E-state index contributed by atoms with van der Waals surface area (Å²) in [6, 6.07) is 0.251. The lowest BCUT2D eigenvalue weighted by Crippen LogP contribution is -2.02. The van der Waals surface area contributed by atoms with Gasteiger partial charge in [-0.25, -0.2) is 0 Å². The van der Waals surface area contributed by atoms with Crippen molar-refractivity contribution in [3.63, 3.8) is 0 Å². The summed E-state index contributed by atoms with van der Waals surface area (Å²) in [5.41, 5.74) is 13.1. The first-order chi connectivity index (χ1) is 3.34. The molecule has 0 spiro atoms. The van der Waals surface area contributed by atoms with Crippen LogP contribution in [0.5, 0.6) is 0 Å². The van der Waals surface area contributed by atoms with Crippen LogP contribution in [0.4, 0.5) is 0 Å². The molecule has 0 aromatic rings. The van der Waals surface area contributed by atoms with Gasteiger partial charge in [0.05, 0.1) is 6.04 Å². The molecule has 0 heterocycles. The van der Waals surface area contributed by atoms with Gasteiger partial charge in [-0.05, 0) is 12.0 Å². The first-order valence-electron chi connectivity index (χ1n) is 2.14. The van der Waals surface area contributed by atoms with E-state index in [1.165, 1.54) is 0 Å². The topological polar surface area (TPSA) is 74.8 Å². The van der Waals surface area contributed by atoms with Gasteiger partial charge in [0.15, 0.2) is 0 Å². The van der Waals surface area contributed by atoms with Gasteiger partial charge in [0.25, 0.3) is 0 Å². The molecule has 0 saturated heterocycles. The van der Waals surface area contributed by atoms with E-state index in [9.17, 15) is 0 Å². The highest BCUT2D eigenvalue weighted by atomic mass is 15.2. The standard InChI is InChI=1S/C3H6N4/c4-2-1-3(2)6-7-5/h2-3H,1,4H2/t2-,3-/m0/s1. The number of hydrogen-bond acceptors (Lipinski definition) is 2. The minimum absolute atomic E-state index is 0.102. The van der Waals surface area contributed by atoms with Crippen LogP contribution in [0.25, 0.3) is 10.4 Å². The fourth-order valence-corrected chi connectivity index (χ4v) is 0.399. The highest BCUT2D eigenvalue weighted by molar-refractivity contribution is 4.96. The average Bonchev–Trinajstić information content (AvgIpc) is 2.22. The third-order valence-corrected chi connectivity index (χ3v) is 1.00. The number of hydrogen-bond donors (Lipinski definition) is 1. The van der Waals surface area contributed by atoms with E-state index in [-0.39, 0.29) is 12.1 Å². The number of rotatable bonds is 1. The monoisotopic (exact) mass is 98.1 g/mol. The van der Waals surface area contributed by atoms with Gasteiger partial charge >= 0.3 is 0 Å². The molecule has 4 heteroatoms. The van der Waals surface area contributed by atoms with Gasteiger partial charge < -0.3 is 5.73 Å². The molecule has 0 aliphatic heterocycles. The van der Waals surface area contributed by atoms with E-state index >= 15 is 0 Å². The molecule has 38 valence electrons. The van der Waals surface area contributed by atoms with Crippen LogP contribution in [0.1, 0.15) is 6.42 Å². The van der Waals surface area contributed by atoms with Crippen LogP contribution in [0.2, 0.25) is 0 Å². The summed E-state index contributed by atoms with van der Waals surface area (Å²) < 4.78 is 0. The van der Waals surface area contributed by atoms with E-state index in [4.69, 9.17) is 11.3 Å². The predicted molar refractivity (Wildman–Crippen MR) is 25.5 cm³/mol. The summed E-state index contributed by atoms with van der Waals surface area (Å²) >= 11 is 0. The maximum Gasteiger partial charge on any atom is 0.0540 e. The Morgan fingerprint density at radius 3 is 2.57 bits per heavy atom. The Hall–Kier alpha value is -0.730. The van der Waals surface area contributed by atoms with Gasteiger partial charge in [-0.2, -0.15) is 0 Å². The molecule has 0 aromatic carbocycles. The maximum absolute atomic E-state index is 7.80. The molecule has 0 unspecified atom stereocenters. The SMILES string of the molecule is [N-]=[N+]=N[C@H]1C[C@@H]1N. The Labute approximate surface area is 40.9 Å². The summed E-state index contributed by atoms with van der Waals surface area (Å²) in [6.45, 7) is 0. The van der Waals surface area contributed by atoms with E-state index in [0.29, 0.717) is 0 Å². The van der Waals surface area contributed by atoms with Crippen LogP contribution in [0, 0.1) is 0 Å². The number of nitrogens with zero attached hydrogens (tertiary/aromatic N) is 3. The zero-order chi connectivity index (χ0) is 5.28. The van der Waals surface area contributed by atoms with E-state index in [1.807, 2.05) is 0 Å². The van der Waals surface area contributed by atoms with Crippen LogP contribution >= 0.6 is 0 Å². The first-order valence-corrected chi connectivity index (χ1v) is 2.14. The molecule has 2 N–H and O–H groups in total. The molecular weight excluding hydrogens is 92.1 g/mol. The summed E-state index contributed by atoms with van der Waals surface area (Å²) in [6.07, 6.45) is 0.865. The van der Waals surface area contributed by atoms with Crippen LogP contribution in [0.15, 0.2) is 5.11 Å². The van der Waals surface area contributed by atoms with Crippen molar-refractivity contribution in [3.05, 3.63) is 10.4 Å². The Morgan fingerprint density at radius 1 is 1.86 bits per heavy atom. The van der Waals surface area contributed by atoms with Gasteiger partial charge in [0.1, 0.15) is 0 Å². The predicted octanol–water partition coefficient (Wildman–Crippen LogP) is 0.396. The second kappa shape index (κ2) is 1.40. The minimum atomic E-state index is 0.102. The molecule has 1 aliphatic rings. The van der Waals surface area contributed by atoms with Crippen molar-refractivity contribution in [2.24, 2.45) is 10.8 Å². The molecule has 0 amide bonds. The summed E-state index contributed by atoms with van der Waals surface area (Å²) in [4.78, 5) is 2.59. The van der Waals surface area contributed by atoms with Crippen LogP contribution < -0.4 is 5.73 Å². The Kier molecular flexibility index (Phi) is 0.889. The lowest BCUT2D eigenvalue weighted by Gasteiger charge is -1.72. The average molecular weight is 98.1 g/mol. The van der Waals surface area contributed by atoms with Crippen molar-refractivity contribution >= 4 is 0 Å². The molecule has 0 radical (unpaired) electrons. The van der Waals surface area contributed by atoms with E-state index in [2.05, 4.69) is 10.0 Å². The van der Waals surface area contributed by atoms with Crippen molar-refractivity contribution in [3.8, 4) is 0 Å². The smallest absolute Gasteiger partial charge is 0.0540 e. The second-order valence-electron chi connectivity index (χ2n) is 1.67. The van der Waals surface area contributed by atoms with Crippen molar-refractivity contribution in [2.75, 3.05) is 0 Å². The number of azide groups is 1. The Bertz CT molecular complexity index is 114. The van der Waals surface area contributed by atoms with Crippen LogP contribution in [-0.4, -0.2) is 12.1 Å². The van der Waals surface area contributed by atoms with Gasteiger partial charge in [0, 0.05) is 11.0 Å². The minimum Gasteiger partial charge on any atom is -0.327 e. The van der Waals surface area contributed by atoms with E-state index in [0.717, 1.165) is 6.42 Å². The molecular formula is C3H6N4. The first kappa shape index (κ1) is 4.43. The lowest BCUT2D eigenvalue weighted by atomic mass is 10.7. The molecule has 7 heavy (non-hydrogen) atoms. The summed E-state index contributed by atoms with van der Waals surface area (Å²) in [5, 5.41) is 3.37. The molecule has 1 saturated carbocycles. The summed E-state index contributed by atoms with van der Waals surface area (Å²) in [7, 11) is 0. The Balaban J connectivity index is 2.34. The molecule has 0 aromatic heterocycles. The number of nitrogens with two attached hydrogens (primary N) is 1. The molecule has 1 fully saturated rings. The van der Waals surface area contributed by atoms with Crippen molar-refractivity contribution in [2.45, 2.75) is 18.5 Å². The Morgan fingerprint density at radius 2 is 2.43 bits per heavy atom. The molecule has 1 rings (SSSR count). The zero-order valence-electron chi connectivity index (χ0n) is 3.78.